The van der Waals surface area contributed by atoms with E-state index < -0.39 is 12.1 Å². The van der Waals surface area contributed by atoms with E-state index in [4.69, 9.17) is 14.2 Å². The van der Waals surface area contributed by atoms with Gasteiger partial charge in [-0.1, -0.05) is 52.3 Å². The van der Waals surface area contributed by atoms with Gasteiger partial charge in [-0.2, -0.15) is 5.10 Å². The molecule has 3 aromatic carbocycles. The number of nitrogens with zero attached hydrogens (tertiary/aromatic N) is 2. The number of fused-ring (bicyclic) bond motifs is 3. The van der Waals surface area contributed by atoms with Crippen LogP contribution in [0.5, 0.6) is 17.2 Å². The number of aromatic nitrogens is 3. The minimum absolute atomic E-state index is 0.132. The van der Waals surface area contributed by atoms with E-state index in [9.17, 15) is 14.4 Å². The number of rotatable bonds is 12. The zero-order valence-corrected chi connectivity index (χ0v) is 29.9. The summed E-state index contributed by atoms with van der Waals surface area (Å²) < 4.78 is 17.2. The Balaban J connectivity index is 1.54. The minimum atomic E-state index is -0.744. The Labute approximate surface area is 292 Å². The normalized spacial score (nSPS) is 14.8. The molecule has 1 heterocycles. The standard InChI is InChI=1S/C38H46N6O6/c1-9-21(4)33(38(47)40-25-12-10-11-24(17-25)37-42-36(20(2)3)43-44-37)41-29-16-14-26-27(19-30(29)46)28(39-22(5)45)15-13-23-18-31(48-6)34(49-7)35(50-8)32(23)26/h10-12,14,16-21,28,33H,9,13,15H2,1-8H3,(H,39,45)(H,40,47)(H,41,46)(H,42,43,44)/t21-,28+,33+/m0/s1. The number of ether oxygens (including phenoxy) is 3. The highest BCUT2D eigenvalue weighted by Gasteiger charge is 2.30. The van der Waals surface area contributed by atoms with Crippen molar-refractivity contribution in [2.45, 2.75) is 71.9 Å². The molecule has 0 unspecified atom stereocenters. The third-order valence-electron chi connectivity index (χ3n) is 9.16. The van der Waals surface area contributed by atoms with Gasteiger partial charge in [-0.05, 0) is 65.8 Å². The van der Waals surface area contributed by atoms with Gasteiger partial charge in [0.05, 0.1) is 33.1 Å². The van der Waals surface area contributed by atoms with Crippen molar-refractivity contribution in [2.24, 2.45) is 5.92 Å². The number of benzene rings is 2. The number of carbonyl (C=O) groups is 2. The summed E-state index contributed by atoms with van der Waals surface area (Å²) in [5.74, 6) is 2.28. The van der Waals surface area contributed by atoms with Crippen molar-refractivity contribution in [3.8, 4) is 39.8 Å². The van der Waals surface area contributed by atoms with Gasteiger partial charge in [-0.15, -0.1) is 0 Å². The smallest absolute Gasteiger partial charge is 0.247 e. The molecule has 1 aliphatic rings. The molecular weight excluding hydrogens is 636 g/mol. The summed E-state index contributed by atoms with van der Waals surface area (Å²) in [6.45, 7) is 9.48. The van der Waals surface area contributed by atoms with Crippen LogP contribution >= 0.6 is 0 Å². The number of hydrogen-bond donors (Lipinski definition) is 4. The summed E-state index contributed by atoms with van der Waals surface area (Å²) in [5, 5.41) is 16.6. The molecule has 3 atom stereocenters. The first kappa shape index (κ1) is 35.9. The fraction of sp³-hybridized carbons (Fsp3) is 0.395. The number of aryl methyl sites for hydroxylation is 1. The first-order chi connectivity index (χ1) is 24.0. The monoisotopic (exact) mass is 682 g/mol. The van der Waals surface area contributed by atoms with E-state index in [0.29, 0.717) is 59.1 Å². The summed E-state index contributed by atoms with van der Waals surface area (Å²) in [5.41, 5.74) is 4.27. The van der Waals surface area contributed by atoms with Gasteiger partial charge in [0.1, 0.15) is 11.9 Å². The van der Waals surface area contributed by atoms with E-state index in [1.54, 1.807) is 39.5 Å². The minimum Gasteiger partial charge on any atom is -0.493 e. The van der Waals surface area contributed by atoms with Crippen molar-refractivity contribution in [3.05, 3.63) is 75.7 Å². The number of anilines is 2. The SMILES string of the molecule is CC[C@H](C)[C@@H](Nc1ccc2c(cc1=O)[C@H](NC(C)=O)CCc1cc(OC)c(OC)c(OC)c1-2)C(=O)Nc1cccc(-c2n[nH]c(C(C)C)n2)c1. The number of carbonyl (C=O) groups excluding carboxylic acids is 2. The predicted molar refractivity (Wildman–Crippen MR) is 194 cm³/mol. The van der Waals surface area contributed by atoms with Gasteiger partial charge >= 0.3 is 0 Å². The van der Waals surface area contributed by atoms with Crippen molar-refractivity contribution < 1.29 is 23.8 Å². The summed E-state index contributed by atoms with van der Waals surface area (Å²) >= 11 is 0. The van der Waals surface area contributed by atoms with Crippen molar-refractivity contribution in [1.82, 2.24) is 20.5 Å². The highest BCUT2D eigenvalue weighted by Crippen LogP contribution is 2.50. The van der Waals surface area contributed by atoms with Gasteiger partial charge in [-0.25, -0.2) is 4.98 Å². The van der Waals surface area contributed by atoms with Crippen LogP contribution in [0, 0.1) is 5.92 Å². The van der Waals surface area contributed by atoms with Crippen LogP contribution in [0.2, 0.25) is 0 Å². The summed E-state index contributed by atoms with van der Waals surface area (Å²) in [4.78, 5) is 44.8. The summed E-state index contributed by atoms with van der Waals surface area (Å²) in [6.07, 6.45) is 1.80. The van der Waals surface area contributed by atoms with Gasteiger partial charge in [0.15, 0.2) is 17.3 Å². The fourth-order valence-electron chi connectivity index (χ4n) is 6.31. The lowest BCUT2D eigenvalue weighted by Crippen LogP contribution is -2.40. The average molecular weight is 683 g/mol. The Bertz CT molecular complexity index is 1940. The molecular formula is C38H46N6O6. The molecule has 0 bridgehead atoms. The van der Waals surface area contributed by atoms with Crippen LogP contribution in [0.4, 0.5) is 11.4 Å². The van der Waals surface area contributed by atoms with Crippen molar-refractivity contribution in [3.63, 3.8) is 0 Å². The molecule has 0 saturated carbocycles. The van der Waals surface area contributed by atoms with Crippen LogP contribution in [-0.2, 0) is 16.0 Å². The predicted octanol–water partition coefficient (Wildman–Crippen LogP) is 6.24. The first-order valence-electron chi connectivity index (χ1n) is 16.9. The Morgan fingerprint density at radius 2 is 1.76 bits per heavy atom. The Kier molecular flexibility index (Phi) is 11.1. The highest BCUT2D eigenvalue weighted by atomic mass is 16.5. The lowest BCUT2D eigenvalue weighted by molar-refractivity contribution is -0.120. The molecule has 264 valence electrons. The second kappa shape index (κ2) is 15.4. The van der Waals surface area contributed by atoms with Crippen LogP contribution in [0.3, 0.4) is 0 Å². The quantitative estimate of drug-likeness (QED) is 0.136. The molecule has 2 amide bonds. The van der Waals surface area contributed by atoms with Crippen molar-refractivity contribution in [2.75, 3.05) is 32.0 Å². The lowest BCUT2D eigenvalue weighted by Gasteiger charge is -2.24. The molecule has 12 heteroatoms. The number of amides is 2. The van der Waals surface area contributed by atoms with Crippen LogP contribution in [0.15, 0.2) is 53.3 Å². The molecule has 0 saturated heterocycles. The zero-order valence-electron chi connectivity index (χ0n) is 29.9. The third kappa shape index (κ3) is 7.44. The lowest BCUT2D eigenvalue weighted by atomic mass is 9.95. The van der Waals surface area contributed by atoms with E-state index in [0.717, 1.165) is 22.5 Å². The molecule has 1 aliphatic carbocycles. The summed E-state index contributed by atoms with van der Waals surface area (Å²) in [7, 11) is 4.66. The van der Waals surface area contributed by atoms with Crippen LogP contribution in [0.1, 0.15) is 76.4 Å². The number of H-pyrrole nitrogens is 1. The van der Waals surface area contributed by atoms with E-state index in [1.807, 2.05) is 58.0 Å². The van der Waals surface area contributed by atoms with Gasteiger partial charge in [-0.3, -0.25) is 19.5 Å². The fourth-order valence-corrected chi connectivity index (χ4v) is 6.31. The Morgan fingerprint density at radius 3 is 2.40 bits per heavy atom. The molecule has 4 aromatic rings. The van der Waals surface area contributed by atoms with E-state index >= 15 is 0 Å². The third-order valence-corrected chi connectivity index (χ3v) is 9.16. The second-order valence-corrected chi connectivity index (χ2v) is 12.9. The molecule has 0 spiro atoms. The van der Waals surface area contributed by atoms with Gasteiger partial charge in [0, 0.05) is 29.7 Å². The maximum Gasteiger partial charge on any atom is 0.247 e. The number of hydrogen-bond acceptors (Lipinski definition) is 9. The van der Waals surface area contributed by atoms with E-state index in [-0.39, 0.29) is 34.8 Å². The molecule has 0 fully saturated rings. The number of methoxy groups -OCH3 is 3. The van der Waals surface area contributed by atoms with Crippen LogP contribution in [0.25, 0.3) is 22.5 Å². The average Bonchev–Trinajstić information content (AvgIpc) is 3.49. The second-order valence-electron chi connectivity index (χ2n) is 12.9. The van der Waals surface area contributed by atoms with Crippen LogP contribution in [-0.4, -0.2) is 54.4 Å². The van der Waals surface area contributed by atoms with E-state index in [1.165, 1.54) is 6.92 Å². The van der Waals surface area contributed by atoms with Crippen molar-refractivity contribution in [1.29, 1.82) is 0 Å². The zero-order chi connectivity index (χ0) is 36.1. The van der Waals surface area contributed by atoms with Crippen molar-refractivity contribution >= 4 is 23.2 Å². The largest absolute Gasteiger partial charge is 0.493 e. The molecule has 1 aromatic heterocycles. The molecule has 0 radical (unpaired) electrons. The van der Waals surface area contributed by atoms with Gasteiger partial charge in [0.25, 0.3) is 0 Å². The number of aromatic amines is 1. The van der Waals surface area contributed by atoms with Gasteiger partial charge < -0.3 is 30.2 Å². The maximum absolute atomic E-state index is 14.0. The molecule has 4 N–H and O–H groups in total. The number of nitrogens with one attached hydrogen (secondary N) is 4. The topological polar surface area (TPSA) is 157 Å². The molecule has 50 heavy (non-hydrogen) atoms. The Morgan fingerprint density at radius 1 is 1.00 bits per heavy atom. The molecule has 5 rings (SSSR count). The van der Waals surface area contributed by atoms with Gasteiger partial charge in [0.2, 0.25) is 23.0 Å². The van der Waals surface area contributed by atoms with Crippen LogP contribution < -0.4 is 35.6 Å². The highest BCUT2D eigenvalue weighted by molar-refractivity contribution is 5.97. The first-order valence-corrected chi connectivity index (χ1v) is 16.9. The Hall–Kier alpha value is -5.39. The maximum atomic E-state index is 14.0. The molecule has 12 nitrogen and oxygen atoms in total. The molecule has 0 aliphatic heterocycles. The van der Waals surface area contributed by atoms with E-state index in [2.05, 4.69) is 31.1 Å². The summed E-state index contributed by atoms with van der Waals surface area (Å²) in [6, 6.07) is 13.1.